The lowest BCUT2D eigenvalue weighted by Gasteiger charge is -2.25. The van der Waals surface area contributed by atoms with Crippen molar-refractivity contribution in [3.8, 4) is 0 Å². The van der Waals surface area contributed by atoms with E-state index in [9.17, 15) is 19.4 Å². The fourth-order valence-corrected chi connectivity index (χ4v) is 7.68. The summed E-state index contributed by atoms with van der Waals surface area (Å²) < 4.78 is 23.6. The maximum absolute atomic E-state index is 12.9. The zero-order chi connectivity index (χ0) is 47.8. The molecule has 65 heavy (non-hydrogen) atoms. The van der Waals surface area contributed by atoms with Gasteiger partial charge >= 0.3 is 7.82 Å². The molecule has 3 N–H and O–H groups in total. The van der Waals surface area contributed by atoms with E-state index in [-0.39, 0.29) is 19.1 Å². The first-order chi connectivity index (χ1) is 31.5. The van der Waals surface area contributed by atoms with Crippen molar-refractivity contribution >= 4 is 13.7 Å². The predicted molar refractivity (Wildman–Crippen MR) is 281 cm³/mol. The van der Waals surface area contributed by atoms with Crippen LogP contribution in [0.3, 0.4) is 0 Å². The van der Waals surface area contributed by atoms with Crippen molar-refractivity contribution in [3.05, 3.63) is 97.2 Å². The Morgan fingerprint density at radius 2 is 0.938 bits per heavy atom. The van der Waals surface area contributed by atoms with Crippen molar-refractivity contribution < 1.29 is 32.9 Å². The molecule has 374 valence electrons. The lowest BCUT2D eigenvalue weighted by atomic mass is 10.0. The Hall–Kier alpha value is -2.58. The number of hydrogen-bond acceptors (Lipinski definition) is 5. The van der Waals surface area contributed by atoms with Gasteiger partial charge in [-0.25, -0.2) is 4.57 Å². The molecule has 0 rings (SSSR count). The molecular formula is C56H100N2O6P+. The molecule has 0 aliphatic heterocycles. The molecule has 0 aliphatic carbocycles. The normalized spacial score (nSPS) is 14.9. The highest BCUT2D eigenvalue weighted by atomic mass is 31.2. The number of aliphatic hydroxyl groups is 1. The molecular weight excluding hydrogens is 828 g/mol. The summed E-state index contributed by atoms with van der Waals surface area (Å²) >= 11 is 0. The Morgan fingerprint density at radius 3 is 1.42 bits per heavy atom. The van der Waals surface area contributed by atoms with Gasteiger partial charge in [0.2, 0.25) is 5.91 Å². The third-order valence-electron chi connectivity index (χ3n) is 11.0. The second kappa shape index (κ2) is 46.5. The zero-order valence-electron chi connectivity index (χ0n) is 42.4. The van der Waals surface area contributed by atoms with Crippen LogP contribution in [0.25, 0.3) is 0 Å². The van der Waals surface area contributed by atoms with Crippen LogP contribution in [0.2, 0.25) is 0 Å². The smallest absolute Gasteiger partial charge is 0.387 e. The maximum atomic E-state index is 12.9. The molecule has 0 radical (unpaired) electrons. The number of aliphatic hydroxyl groups excluding tert-OH is 1. The van der Waals surface area contributed by atoms with E-state index in [0.29, 0.717) is 17.4 Å². The number of rotatable bonds is 46. The summed E-state index contributed by atoms with van der Waals surface area (Å²) in [5, 5.41) is 13.8. The summed E-state index contributed by atoms with van der Waals surface area (Å²) in [6.07, 6.45) is 66.4. The fraction of sp³-hybridized carbons (Fsp3) is 0.696. The van der Waals surface area contributed by atoms with Gasteiger partial charge in [0.25, 0.3) is 0 Å². The van der Waals surface area contributed by atoms with E-state index in [2.05, 4.69) is 104 Å². The van der Waals surface area contributed by atoms with Gasteiger partial charge in [-0.05, 0) is 83.5 Å². The minimum atomic E-state index is -4.35. The van der Waals surface area contributed by atoms with Crippen LogP contribution >= 0.6 is 7.82 Å². The quantitative estimate of drug-likeness (QED) is 0.0243. The summed E-state index contributed by atoms with van der Waals surface area (Å²) in [7, 11) is 1.54. The second-order valence-electron chi connectivity index (χ2n) is 18.5. The van der Waals surface area contributed by atoms with Crippen LogP contribution in [0.4, 0.5) is 0 Å². The first-order valence-electron chi connectivity index (χ1n) is 26.1. The molecule has 0 saturated heterocycles. The number of unbranched alkanes of at least 4 members (excludes halogenated alkanes) is 19. The van der Waals surface area contributed by atoms with E-state index in [1.54, 1.807) is 6.08 Å². The molecule has 0 fully saturated rings. The Bertz CT molecular complexity index is 1370. The molecule has 8 nitrogen and oxygen atoms in total. The standard InChI is InChI=1S/C56H99N2O6P/c1-6-8-10-12-14-16-18-20-21-22-23-24-25-26-27-28-29-30-31-32-33-34-35-36-37-38-40-42-44-46-48-50-56(60)57-54(53-64-65(61,62)63-52-51-58(3,4)5)55(59)49-47-45-43-41-39-19-17-15-13-11-9-7-2/h8,10,14,16,20-21,23-24,26-27,29-30,39,41,47,49,54-55,59H,6-7,9,11-13,15,17-19,22,25,28,31-38,40,42-46,48,50-53H2,1-5H3,(H-,57,60,61,62)/p+1/b10-8-,16-14-,21-20-,24-23-,27-26-,30-29-,41-39+,49-47+. The van der Waals surface area contributed by atoms with Crippen molar-refractivity contribution in [2.24, 2.45) is 0 Å². The minimum absolute atomic E-state index is 0.0516. The third-order valence-corrected chi connectivity index (χ3v) is 12.0. The van der Waals surface area contributed by atoms with Crippen LogP contribution in [-0.2, 0) is 18.4 Å². The van der Waals surface area contributed by atoms with Crippen LogP contribution in [0.5, 0.6) is 0 Å². The number of phosphoric acid groups is 1. The first kappa shape index (κ1) is 62.4. The SMILES string of the molecule is CC/C=C\C/C=C\C/C=C\C/C=C\C/C=C\C/C=C\CCCCCCCCCCCCCCC(=O)NC(COP(=O)(O)OCC[N+](C)(C)C)C(O)/C=C/CC/C=C/CCCCCCCC. The molecule has 0 saturated carbocycles. The Balaban J connectivity index is 4.17. The molecule has 9 heteroatoms. The molecule has 0 spiro atoms. The van der Waals surface area contributed by atoms with E-state index < -0.39 is 20.0 Å². The Kier molecular flexibility index (Phi) is 44.7. The highest BCUT2D eigenvalue weighted by molar-refractivity contribution is 7.47. The van der Waals surface area contributed by atoms with Crippen molar-refractivity contribution in [2.45, 2.75) is 212 Å². The van der Waals surface area contributed by atoms with E-state index in [4.69, 9.17) is 9.05 Å². The Morgan fingerprint density at radius 1 is 0.538 bits per heavy atom. The number of nitrogens with one attached hydrogen (secondary N) is 1. The number of likely N-dealkylation sites (N-methyl/N-ethyl adjacent to an activating group) is 1. The van der Waals surface area contributed by atoms with E-state index in [1.807, 2.05) is 27.2 Å². The lowest BCUT2D eigenvalue weighted by Crippen LogP contribution is -2.45. The molecule has 0 aromatic rings. The summed E-state index contributed by atoms with van der Waals surface area (Å²) in [6.45, 7) is 4.64. The molecule has 0 heterocycles. The van der Waals surface area contributed by atoms with Gasteiger partial charge in [0.1, 0.15) is 13.2 Å². The third kappa shape index (κ3) is 49.2. The van der Waals surface area contributed by atoms with Gasteiger partial charge in [0.15, 0.2) is 0 Å². The zero-order valence-corrected chi connectivity index (χ0v) is 43.3. The highest BCUT2D eigenvalue weighted by Gasteiger charge is 2.27. The van der Waals surface area contributed by atoms with E-state index in [0.717, 1.165) is 77.0 Å². The van der Waals surface area contributed by atoms with Gasteiger partial charge in [-0.1, -0.05) is 207 Å². The number of amides is 1. The van der Waals surface area contributed by atoms with Gasteiger partial charge < -0.3 is 19.8 Å². The first-order valence-corrected chi connectivity index (χ1v) is 27.6. The van der Waals surface area contributed by atoms with Crippen LogP contribution in [-0.4, -0.2) is 73.4 Å². The minimum Gasteiger partial charge on any atom is -0.387 e. The summed E-state index contributed by atoms with van der Waals surface area (Å²) in [4.78, 5) is 23.2. The Labute approximate surface area is 400 Å². The van der Waals surface area contributed by atoms with Gasteiger partial charge in [0, 0.05) is 6.42 Å². The maximum Gasteiger partial charge on any atom is 0.472 e. The highest BCUT2D eigenvalue weighted by Crippen LogP contribution is 2.43. The molecule has 1 amide bonds. The van der Waals surface area contributed by atoms with Crippen LogP contribution in [0.1, 0.15) is 200 Å². The average Bonchev–Trinajstić information content (AvgIpc) is 3.26. The van der Waals surface area contributed by atoms with Gasteiger partial charge in [-0.3, -0.25) is 13.8 Å². The molecule has 0 aromatic heterocycles. The van der Waals surface area contributed by atoms with Gasteiger partial charge in [-0.2, -0.15) is 0 Å². The summed E-state index contributed by atoms with van der Waals surface area (Å²) in [5.74, 6) is -0.195. The number of nitrogens with zero attached hydrogens (tertiary/aromatic N) is 1. The molecule has 3 unspecified atom stereocenters. The number of phosphoric ester groups is 1. The van der Waals surface area contributed by atoms with Crippen molar-refractivity contribution in [1.29, 1.82) is 0 Å². The number of allylic oxidation sites excluding steroid dienone is 15. The second-order valence-corrected chi connectivity index (χ2v) is 20.0. The van der Waals surface area contributed by atoms with Crippen molar-refractivity contribution in [2.75, 3.05) is 40.9 Å². The topological polar surface area (TPSA) is 105 Å². The van der Waals surface area contributed by atoms with Gasteiger partial charge in [0.05, 0.1) is 39.9 Å². The van der Waals surface area contributed by atoms with Gasteiger partial charge in [-0.15, -0.1) is 0 Å². The monoisotopic (exact) mass is 928 g/mol. The molecule has 3 atom stereocenters. The lowest BCUT2D eigenvalue weighted by molar-refractivity contribution is -0.870. The summed E-state index contributed by atoms with van der Waals surface area (Å²) in [6, 6.07) is -0.868. The van der Waals surface area contributed by atoms with Crippen molar-refractivity contribution in [1.82, 2.24) is 5.32 Å². The van der Waals surface area contributed by atoms with Crippen molar-refractivity contribution in [3.63, 3.8) is 0 Å². The van der Waals surface area contributed by atoms with E-state index in [1.165, 1.54) is 103 Å². The fourth-order valence-electron chi connectivity index (χ4n) is 6.94. The van der Waals surface area contributed by atoms with Crippen LogP contribution in [0.15, 0.2) is 97.2 Å². The number of carbonyl (C=O) groups is 1. The number of carbonyl (C=O) groups excluding carboxylic acids is 1. The van der Waals surface area contributed by atoms with Crippen LogP contribution in [0, 0.1) is 0 Å². The molecule has 0 aliphatic rings. The number of hydrogen-bond donors (Lipinski definition) is 3. The summed E-state index contributed by atoms with van der Waals surface area (Å²) in [5.41, 5.74) is 0. The van der Waals surface area contributed by atoms with E-state index >= 15 is 0 Å². The predicted octanol–water partition coefficient (Wildman–Crippen LogP) is 15.5. The molecule has 0 aromatic carbocycles. The molecule has 0 bridgehead atoms. The largest absolute Gasteiger partial charge is 0.472 e. The van der Waals surface area contributed by atoms with Crippen LogP contribution < -0.4 is 5.32 Å². The average molecular weight is 928 g/mol. The number of quaternary nitrogens is 1.